The molecule has 3 rings (SSSR count). The molecular formula is C25H30N4O5S. The molecule has 0 saturated carbocycles. The molecule has 186 valence electrons. The number of methoxy groups -OCH3 is 1. The Bertz CT molecular complexity index is 1160. The summed E-state index contributed by atoms with van der Waals surface area (Å²) in [6.07, 6.45) is 0.746. The summed E-state index contributed by atoms with van der Waals surface area (Å²) in [5.41, 5.74) is 2.00. The average molecular weight is 499 g/mol. The number of hydrogen-bond acceptors (Lipinski definition) is 8. The molecule has 2 aromatic carbocycles. The number of rotatable bonds is 12. The van der Waals surface area contributed by atoms with Crippen molar-refractivity contribution in [2.75, 3.05) is 24.8 Å². The summed E-state index contributed by atoms with van der Waals surface area (Å²) in [5, 5.41) is 11.9. The maximum Gasteiger partial charge on any atom is 0.338 e. The summed E-state index contributed by atoms with van der Waals surface area (Å²) in [7, 11) is 1.60. The zero-order valence-electron chi connectivity index (χ0n) is 20.4. The van der Waals surface area contributed by atoms with Crippen LogP contribution in [0.4, 0.5) is 5.69 Å². The first kappa shape index (κ1) is 26.1. The molecule has 0 saturated heterocycles. The predicted octanol–water partition coefficient (Wildman–Crippen LogP) is 4.49. The van der Waals surface area contributed by atoms with Crippen molar-refractivity contribution < 1.29 is 23.8 Å². The smallest absolute Gasteiger partial charge is 0.338 e. The zero-order chi connectivity index (χ0) is 25.2. The van der Waals surface area contributed by atoms with Gasteiger partial charge >= 0.3 is 5.97 Å². The molecule has 0 atom stereocenters. The van der Waals surface area contributed by atoms with Crippen molar-refractivity contribution in [2.45, 2.75) is 45.5 Å². The van der Waals surface area contributed by atoms with Crippen LogP contribution < -0.4 is 14.8 Å². The highest BCUT2D eigenvalue weighted by Crippen LogP contribution is 2.28. The van der Waals surface area contributed by atoms with Crippen LogP contribution in [0.25, 0.3) is 0 Å². The van der Waals surface area contributed by atoms with Crippen molar-refractivity contribution >= 4 is 29.3 Å². The van der Waals surface area contributed by atoms with Crippen molar-refractivity contribution in [3.05, 3.63) is 59.4 Å². The lowest BCUT2D eigenvalue weighted by Gasteiger charge is -2.12. The Morgan fingerprint density at radius 3 is 2.66 bits per heavy atom. The number of thioether (sulfide) groups is 1. The summed E-state index contributed by atoms with van der Waals surface area (Å²) >= 11 is 1.28. The molecular weight excluding hydrogens is 468 g/mol. The Hall–Kier alpha value is -3.53. The van der Waals surface area contributed by atoms with Gasteiger partial charge in [0.1, 0.15) is 6.61 Å². The van der Waals surface area contributed by atoms with Crippen LogP contribution in [-0.4, -0.2) is 46.1 Å². The molecule has 1 heterocycles. The Morgan fingerprint density at radius 2 is 1.91 bits per heavy atom. The second kappa shape index (κ2) is 12.8. The van der Waals surface area contributed by atoms with Crippen molar-refractivity contribution in [2.24, 2.45) is 0 Å². The molecule has 9 nitrogen and oxygen atoms in total. The van der Waals surface area contributed by atoms with E-state index in [4.69, 9.17) is 14.2 Å². The van der Waals surface area contributed by atoms with E-state index in [0.717, 1.165) is 12.0 Å². The number of carbonyl (C=O) groups excluding carboxylic acids is 2. The van der Waals surface area contributed by atoms with E-state index >= 15 is 0 Å². The number of aromatic nitrogens is 3. The van der Waals surface area contributed by atoms with Gasteiger partial charge in [0.05, 0.1) is 25.0 Å². The topological polar surface area (TPSA) is 105 Å². The molecule has 0 aliphatic heterocycles. The van der Waals surface area contributed by atoms with E-state index in [2.05, 4.69) is 15.5 Å². The first-order chi connectivity index (χ1) is 16.9. The largest absolute Gasteiger partial charge is 0.493 e. The van der Waals surface area contributed by atoms with Crippen molar-refractivity contribution in [3.8, 4) is 11.5 Å². The molecule has 0 fully saturated rings. The summed E-state index contributed by atoms with van der Waals surface area (Å²) in [6.45, 7) is 7.09. The Morgan fingerprint density at radius 1 is 1.09 bits per heavy atom. The van der Waals surface area contributed by atoms with E-state index in [-0.39, 0.29) is 18.3 Å². The summed E-state index contributed by atoms with van der Waals surface area (Å²) in [5.74, 6) is 1.43. The van der Waals surface area contributed by atoms with Crippen LogP contribution in [0.2, 0.25) is 0 Å². The third-order valence-corrected chi connectivity index (χ3v) is 5.90. The van der Waals surface area contributed by atoms with Crippen LogP contribution in [-0.2, 0) is 22.7 Å². The average Bonchev–Trinajstić information content (AvgIpc) is 3.27. The van der Waals surface area contributed by atoms with E-state index < -0.39 is 5.97 Å². The quantitative estimate of drug-likeness (QED) is 0.288. The van der Waals surface area contributed by atoms with E-state index in [1.54, 1.807) is 31.4 Å². The van der Waals surface area contributed by atoms with E-state index in [1.165, 1.54) is 11.8 Å². The molecule has 0 aliphatic carbocycles. The number of aryl methyl sites for hydroxylation is 1. The number of benzene rings is 2. The minimum atomic E-state index is -0.411. The molecule has 10 heteroatoms. The van der Waals surface area contributed by atoms with Crippen LogP contribution in [0.5, 0.6) is 11.5 Å². The van der Waals surface area contributed by atoms with Crippen LogP contribution in [0.1, 0.15) is 42.0 Å². The van der Waals surface area contributed by atoms with E-state index in [1.807, 2.05) is 43.5 Å². The normalized spacial score (nSPS) is 10.6. The Labute approximate surface area is 209 Å². The van der Waals surface area contributed by atoms with E-state index in [0.29, 0.717) is 46.9 Å². The molecule has 1 N–H and O–H groups in total. The van der Waals surface area contributed by atoms with Gasteiger partial charge in [-0.1, -0.05) is 30.8 Å². The lowest BCUT2D eigenvalue weighted by molar-refractivity contribution is -0.113. The van der Waals surface area contributed by atoms with Gasteiger partial charge in [-0.05, 0) is 56.2 Å². The van der Waals surface area contributed by atoms with Crippen LogP contribution in [0.3, 0.4) is 0 Å². The third kappa shape index (κ3) is 7.22. The SMILES string of the molecule is CCCOC(=O)c1cccc(NC(=O)CSc2nnc(COc3ccc(C)cc3OC)n2CC)c1. The second-order valence-electron chi connectivity index (χ2n) is 7.64. The van der Waals surface area contributed by atoms with Gasteiger partial charge in [-0.15, -0.1) is 10.2 Å². The third-order valence-electron chi connectivity index (χ3n) is 4.94. The lowest BCUT2D eigenvalue weighted by Crippen LogP contribution is -2.15. The van der Waals surface area contributed by atoms with Crippen molar-refractivity contribution in [1.82, 2.24) is 14.8 Å². The van der Waals surface area contributed by atoms with Crippen LogP contribution in [0.15, 0.2) is 47.6 Å². The molecule has 1 amide bonds. The number of amides is 1. The first-order valence-electron chi connectivity index (χ1n) is 11.3. The number of ether oxygens (including phenoxy) is 3. The number of esters is 1. The Kier molecular flexibility index (Phi) is 9.54. The van der Waals surface area contributed by atoms with E-state index in [9.17, 15) is 9.59 Å². The van der Waals surface area contributed by atoms with Gasteiger partial charge in [0.2, 0.25) is 5.91 Å². The van der Waals surface area contributed by atoms with Gasteiger partial charge in [0.15, 0.2) is 22.5 Å². The number of nitrogens with one attached hydrogen (secondary N) is 1. The van der Waals surface area contributed by atoms with Gasteiger partial charge < -0.3 is 24.1 Å². The fraction of sp³-hybridized carbons (Fsp3) is 0.360. The van der Waals surface area contributed by atoms with Gasteiger partial charge in [-0.25, -0.2) is 4.79 Å². The monoisotopic (exact) mass is 498 g/mol. The maximum absolute atomic E-state index is 12.5. The maximum atomic E-state index is 12.5. The standard InChI is InChI=1S/C25H30N4O5S/c1-5-12-33-24(31)18-8-7-9-19(14-18)26-23(30)16-35-25-28-27-22(29(25)6-2)15-34-20-11-10-17(3)13-21(20)32-4/h7-11,13-14H,5-6,12,15-16H2,1-4H3,(H,26,30). The number of hydrogen-bond donors (Lipinski definition) is 1. The molecule has 3 aromatic rings. The van der Waals surface area contributed by atoms with Gasteiger partial charge in [-0.3, -0.25) is 4.79 Å². The molecule has 0 bridgehead atoms. The van der Waals surface area contributed by atoms with Crippen LogP contribution in [0, 0.1) is 6.92 Å². The van der Waals surface area contributed by atoms with Crippen LogP contribution >= 0.6 is 11.8 Å². The number of carbonyl (C=O) groups is 2. The highest BCUT2D eigenvalue weighted by Gasteiger charge is 2.15. The highest BCUT2D eigenvalue weighted by molar-refractivity contribution is 7.99. The molecule has 0 spiro atoms. The molecule has 0 radical (unpaired) electrons. The summed E-state index contributed by atoms with van der Waals surface area (Å²) in [4.78, 5) is 24.6. The molecule has 0 aliphatic rings. The fourth-order valence-corrected chi connectivity index (χ4v) is 4.04. The molecule has 1 aromatic heterocycles. The molecule has 35 heavy (non-hydrogen) atoms. The first-order valence-corrected chi connectivity index (χ1v) is 12.3. The minimum Gasteiger partial charge on any atom is -0.493 e. The summed E-state index contributed by atoms with van der Waals surface area (Å²) < 4.78 is 18.3. The summed E-state index contributed by atoms with van der Waals surface area (Å²) in [6, 6.07) is 12.4. The van der Waals surface area contributed by atoms with Gasteiger partial charge in [-0.2, -0.15) is 0 Å². The zero-order valence-corrected chi connectivity index (χ0v) is 21.2. The Balaban J connectivity index is 1.58. The second-order valence-corrected chi connectivity index (χ2v) is 8.58. The minimum absolute atomic E-state index is 0.134. The lowest BCUT2D eigenvalue weighted by atomic mass is 10.2. The van der Waals surface area contributed by atoms with Gasteiger partial charge in [0, 0.05) is 12.2 Å². The van der Waals surface area contributed by atoms with Gasteiger partial charge in [0.25, 0.3) is 0 Å². The van der Waals surface area contributed by atoms with Crippen molar-refractivity contribution in [1.29, 1.82) is 0 Å². The number of nitrogens with zero attached hydrogens (tertiary/aromatic N) is 3. The fourth-order valence-electron chi connectivity index (χ4n) is 3.22. The molecule has 0 unspecified atom stereocenters. The number of anilines is 1. The highest BCUT2D eigenvalue weighted by atomic mass is 32.2. The van der Waals surface area contributed by atoms with Crippen molar-refractivity contribution in [3.63, 3.8) is 0 Å². The predicted molar refractivity (Wildman–Crippen MR) is 134 cm³/mol.